The first-order chi connectivity index (χ1) is 16.3. The van der Waals surface area contributed by atoms with Crippen LogP contribution in [0.3, 0.4) is 0 Å². The predicted octanol–water partition coefficient (Wildman–Crippen LogP) is 3.37. The van der Waals surface area contributed by atoms with E-state index in [1.165, 1.54) is 5.56 Å². The van der Waals surface area contributed by atoms with Gasteiger partial charge in [0.15, 0.2) is 5.69 Å². The standard InChI is InChI=1S/C26H30N4O3/c31-26(27-22-10-4-8-20(22)18-6-2-1-3-7-18)24-21-9-5-11-23-25(21)30(28-24)19(17-33-23)16-29-12-14-32-15-13-29/h1-3,5-7,9,11,19-20,22H,4,8,10,12-17H2,(H,27,31)/t19-,20+,22+/m1/s1. The SMILES string of the molecule is O=C(N[C@H]1CCC[C@H]1c1ccccc1)c1nn2c3c(cccc13)OC[C@H]2CN1CCOCC1. The Balaban J connectivity index is 1.28. The quantitative estimate of drug-likeness (QED) is 0.651. The minimum Gasteiger partial charge on any atom is -0.489 e. The number of hydrogen-bond acceptors (Lipinski definition) is 5. The molecule has 1 N–H and O–H groups in total. The van der Waals surface area contributed by atoms with Crippen molar-refractivity contribution < 1.29 is 14.3 Å². The van der Waals surface area contributed by atoms with Gasteiger partial charge in [0.1, 0.15) is 17.9 Å². The first kappa shape index (κ1) is 20.7. The monoisotopic (exact) mass is 446 g/mol. The number of nitrogens with one attached hydrogen (secondary N) is 1. The largest absolute Gasteiger partial charge is 0.489 e. The molecule has 0 spiro atoms. The van der Waals surface area contributed by atoms with Gasteiger partial charge in [0.25, 0.3) is 5.91 Å². The van der Waals surface area contributed by atoms with E-state index in [9.17, 15) is 4.79 Å². The van der Waals surface area contributed by atoms with Gasteiger partial charge in [-0.15, -0.1) is 0 Å². The van der Waals surface area contributed by atoms with Crippen molar-refractivity contribution in [3.8, 4) is 5.75 Å². The lowest BCUT2D eigenvalue weighted by atomic mass is 9.94. The van der Waals surface area contributed by atoms with Gasteiger partial charge in [-0.05, 0) is 24.5 Å². The van der Waals surface area contributed by atoms with Gasteiger partial charge in [0, 0.05) is 37.0 Å². The molecule has 1 saturated heterocycles. The molecule has 6 rings (SSSR count). The molecule has 172 valence electrons. The number of para-hydroxylation sites is 1. The maximum Gasteiger partial charge on any atom is 0.272 e. The van der Waals surface area contributed by atoms with Gasteiger partial charge < -0.3 is 14.8 Å². The maximum absolute atomic E-state index is 13.5. The van der Waals surface area contributed by atoms with E-state index in [1.54, 1.807) is 0 Å². The number of carbonyl (C=O) groups is 1. The van der Waals surface area contributed by atoms with E-state index < -0.39 is 0 Å². The zero-order valence-corrected chi connectivity index (χ0v) is 18.8. The average Bonchev–Trinajstić information content (AvgIpc) is 3.48. The average molecular weight is 447 g/mol. The lowest BCUT2D eigenvalue weighted by Crippen LogP contribution is -2.42. The number of nitrogens with zero attached hydrogens (tertiary/aromatic N) is 3. The summed E-state index contributed by atoms with van der Waals surface area (Å²) in [6, 6.07) is 16.6. The fourth-order valence-electron chi connectivity index (χ4n) is 5.65. The third-order valence-electron chi connectivity index (χ3n) is 7.32. The normalized spacial score (nSPS) is 25.2. The highest BCUT2D eigenvalue weighted by molar-refractivity contribution is 6.06. The second-order valence-electron chi connectivity index (χ2n) is 9.35. The molecule has 2 fully saturated rings. The number of benzene rings is 2. The van der Waals surface area contributed by atoms with Crippen LogP contribution in [0.2, 0.25) is 0 Å². The number of morpholine rings is 1. The van der Waals surface area contributed by atoms with Crippen LogP contribution in [0.15, 0.2) is 48.5 Å². The molecular formula is C26H30N4O3. The Kier molecular flexibility index (Phi) is 5.52. The van der Waals surface area contributed by atoms with E-state index in [0.29, 0.717) is 18.2 Å². The summed E-state index contributed by atoms with van der Waals surface area (Å²) in [5.41, 5.74) is 2.73. The van der Waals surface area contributed by atoms with E-state index in [2.05, 4.69) is 34.5 Å². The van der Waals surface area contributed by atoms with Crippen LogP contribution in [0.5, 0.6) is 5.75 Å². The van der Waals surface area contributed by atoms with Crippen LogP contribution < -0.4 is 10.1 Å². The van der Waals surface area contributed by atoms with Crippen LogP contribution in [-0.4, -0.2) is 66.1 Å². The second-order valence-corrected chi connectivity index (χ2v) is 9.35. The summed E-state index contributed by atoms with van der Waals surface area (Å²) >= 11 is 0. The summed E-state index contributed by atoms with van der Waals surface area (Å²) < 4.78 is 13.6. The number of carbonyl (C=O) groups excluding carboxylic acids is 1. The van der Waals surface area contributed by atoms with Crippen LogP contribution in [-0.2, 0) is 4.74 Å². The first-order valence-electron chi connectivity index (χ1n) is 12.1. The molecule has 0 unspecified atom stereocenters. The van der Waals surface area contributed by atoms with Crippen LogP contribution in [0, 0.1) is 0 Å². The van der Waals surface area contributed by atoms with Crippen molar-refractivity contribution >= 4 is 16.8 Å². The van der Waals surface area contributed by atoms with Gasteiger partial charge in [-0.1, -0.05) is 48.9 Å². The van der Waals surface area contributed by atoms with Crippen LogP contribution >= 0.6 is 0 Å². The molecule has 1 saturated carbocycles. The summed E-state index contributed by atoms with van der Waals surface area (Å²) in [6.45, 7) is 4.75. The smallest absolute Gasteiger partial charge is 0.272 e. The Morgan fingerprint density at radius 1 is 1.06 bits per heavy atom. The Labute approximate surface area is 193 Å². The van der Waals surface area contributed by atoms with Crippen molar-refractivity contribution in [3.63, 3.8) is 0 Å². The predicted molar refractivity (Wildman–Crippen MR) is 126 cm³/mol. The molecular weight excluding hydrogens is 416 g/mol. The molecule has 33 heavy (non-hydrogen) atoms. The summed E-state index contributed by atoms with van der Waals surface area (Å²) in [5.74, 6) is 1.07. The lowest BCUT2D eigenvalue weighted by Gasteiger charge is -2.32. The molecule has 7 nitrogen and oxygen atoms in total. The molecule has 7 heteroatoms. The zero-order chi connectivity index (χ0) is 22.2. The van der Waals surface area contributed by atoms with Crippen LogP contribution in [0.25, 0.3) is 10.9 Å². The highest BCUT2D eigenvalue weighted by atomic mass is 16.5. The van der Waals surface area contributed by atoms with E-state index in [4.69, 9.17) is 14.6 Å². The molecule has 1 aromatic heterocycles. The maximum atomic E-state index is 13.5. The number of ether oxygens (including phenoxy) is 2. The highest BCUT2D eigenvalue weighted by Gasteiger charge is 2.33. The third-order valence-corrected chi connectivity index (χ3v) is 7.32. The van der Waals surface area contributed by atoms with Gasteiger partial charge in [-0.2, -0.15) is 5.10 Å². The minimum atomic E-state index is -0.0873. The molecule has 1 aliphatic carbocycles. The molecule has 2 aliphatic heterocycles. The van der Waals surface area contributed by atoms with Crippen molar-refractivity contribution in [2.75, 3.05) is 39.5 Å². The van der Waals surface area contributed by atoms with Gasteiger partial charge in [0.2, 0.25) is 0 Å². The fourth-order valence-corrected chi connectivity index (χ4v) is 5.65. The second kappa shape index (κ2) is 8.80. The van der Waals surface area contributed by atoms with Gasteiger partial charge >= 0.3 is 0 Å². The summed E-state index contributed by atoms with van der Waals surface area (Å²) in [6.07, 6.45) is 3.22. The molecule has 3 heterocycles. The Morgan fingerprint density at radius 2 is 1.91 bits per heavy atom. The molecule has 0 bridgehead atoms. The summed E-state index contributed by atoms with van der Waals surface area (Å²) in [5, 5.41) is 9.07. The molecule has 3 aromatic rings. The van der Waals surface area contributed by atoms with Crippen molar-refractivity contribution in [1.82, 2.24) is 20.0 Å². The highest BCUT2D eigenvalue weighted by Crippen LogP contribution is 2.37. The zero-order valence-electron chi connectivity index (χ0n) is 18.8. The Bertz CT molecular complexity index is 1140. The third kappa shape index (κ3) is 3.89. The number of hydrogen-bond donors (Lipinski definition) is 1. The van der Waals surface area contributed by atoms with E-state index in [0.717, 1.165) is 68.8 Å². The Morgan fingerprint density at radius 3 is 2.76 bits per heavy atom. The van der Waals surface area contributed by atoms with Crippen LogP contribution in [0.4, 0.5) is 0 Å². The van der Waals surface area contributed by atoms with Crippen molar-refractivity contribution in [2.45, 2.75) is 37.3 Å². The number of amides is 1. The molecule has 2 aromatic carbocycles. The number of aromatic nitrogens is 2. The Hall–Kier alpha value is -2.90. The van der Waals surface area contributed by atoms with Crippen molar-refractivity contribution in [1.29, 1.82) is 0 Å². The fraction of sp³-hybridized carbons (Fsp3) is 0.462. The topological polar surface area (TPSA) is 68.6 Å². The van der Waals surface area contributed by atoms with Crippen molar-refractivity contribution in [3.05, 3.63) is 59.8 Å². The molecule has 3 atom stereocenters. The summed E-state index contributed by atoms with van der Waals surface area (Å²) in [4.78, 5) is 15.9. The number of rotatable bonds is 5. The van der Waals surface area contributed by atoms with Crippen LogP contribution in [0.1, 0.15) is 47.3 Å². The molecule has 1 amide bonds. The van der Waals surface area contributed by atoms with E-state index in [-0.39, 0.29) is 18.0 Å². The first-order valence-corrected chi connectivity index (χ1v) is 12.1. The minimum absolute atomic E-state index is 0.0746. The molecule has 3 aliphatic rings. The van der Waals surface area contributed by atoms with Gasteiger partial charge in [0.05, 0.1) is 19.3 Å². The molecule has 0 radical (unpaired) electrons. The van der Waals surface area contributed by atoms with Gasteiger partial charge in [-0.3, -0.25) is 14.4 Å². The van der Waals surface area contributed by atoms with Crippen molar-refractivity contribution in [2.24, 2.45) is 0 Å². The summed E-state index contributed by atoms with van der Waals surface area (Å²) in [7, 11) is 0. The lowest BCUT2D eigenvalue weighted by molar-refractivity contribution is 0.0262. The van der Waals surface area contributed by atoms with E-state index in [1.807, 2.05) is 28.9 Å². The van der Waals surface area contributed by atoms with E-state index >= 15 is 0 Å². The van der Waals surface area contributed by atoms with Gasteiger partial charge in [-0.25, -0.2) is 0 Å².